The third kappa shape index (κ3) is 4.40. The monoisotopic (exact) mass is 397 g/mol. The summed E-state index contributed by atoms with van der Waals surface area (Å²) < 4.78 is 11.1. The van der Waals surface area contributed by atoms with E-state index in [0.717, 1.165) is 31.0 Å². The predicted octanol–water partition coefficient (Wildman–Crippen LogP) is 2.66. The Morgan fingerprint density at radius 3 is 2.38 bits per heavy atom. The molecule has 3 atom stereocenters. The minimum Gasteiger partial charge on any atom is -0.493 e. The van der Waals surface area contributed by atoms with Gasteiger partial charge in [0.1, 0.15) is 6.04 Å². The van der Waals surface area contributed by atoms with Crippen molar-refractivity contribution in [2.45, 2.75) is 39.3 Å². The number of hydrogen-bond acceptors (Lipinski definition) is 3. The van der Waals surface area contributed by atoms with E-state index in [1.165, 1.54) is 16.0 Å². The molecule has 5 heteroatoms. The molecule has 1 aliphatic heterocycles. The number of rotatable bonds is 7. The van der Waals surface area contributed by atoms with Gasteiger partial charge < -0.3 is 19.7 Å². The van der Waals surface area contributed by atoms with Crippen molar-refractivity contribution in [1.29, 1.82) is 0 Å². The van der Waals surface area contributed by atoms with E-state index in [1.807, 2.05) is 30.3 Å². The summed E-state index contributed by atoms with van der Waals surface area (Å²) in [6, 6.07) is 13.8. The van der Waals surface area contributed by atoms with Crippen LogP contribution in [0.4, 0.5) is 0 Å². The van der Waals surface area contributed by atoms with Crippen molar-refractivity contribution < 1.29 is 19.2 Å². The van der Waals surface area contributed by atoms with Gasteiger partial charge in [0.05, 0.1) is 33.4 Å². The van der Waals surface area contributed by atoms with Crippen LogP contribution in [0.25, 0.3) is 0 Å². The summed E-state index contributed by atoms with van der Waals surface area (Å²) in [5.74, 6) is 1.77. The second kappa shape index (κ2) is 9.31. The summed E-state index contributed by atoms with van der Waals surface area (Å²) in [7, 11) is 3.34. The number of amides is 1. The number of nitrogens with one attached hydrogen (secondary N) is 2. The fourth-order valence-electron chi connectivity index (χ4n) is 4.42. The molecule has 5 nitrogen and oxygen atoms in total. The Hall–Kier alpha value is -2.53. The molecule has 2 N–H and O–H groups in total. The second-order valence-electron chi connectivity index (χ2n) is 8.00. The Labute approximate surface area is 174 Å². The zero-order valence-electron chi connectivity index (χ0n) is 18.1. The van der Waals surface area contributed by atoms with Gasteiger partial charge in [-0.25, -0.2) is 0 Å². The number of hydrogen-bond donors (Lipinski definition) is 2. The van der Waals surface area contributed by atoms with E-state index in [9.17, 15) is 4.79 Å². The highest BCUT2D eigenvalue weighted by atomic mass is 16.5. The van der Waals surface area contributed by atoms with Crippen LogP contribution in [-0.4, -0.2) is 39.3 Å². The Morgan fingerprint density at radius 2 is 1.79 bits per heavy atom. The van der Waals surface area contributed by atoms with Crippen LogP contribution in [0.3, 0.4) is 0 Å². The molecule has 1 aliphatic rings. The molecule has 0 aliphatic carbocycles. The summed E-state index contributed by atoms with van der Waals surface area (Å²) >= 11 is 0. The molecule has 0 radical (unpaired) electrons. The molecule has 0 spiro atoms. The predicted molar refractivity (Wildman–Crippen MR) is 115 cm³/mol. The lowest BCUT2D eigenvalue weighted by atomic mass is 9.83. The third-order valence-corrected chi connectivity index (χ3v) is 6.00. The fraction of sp³-hybridized carbons (Fsp3) is 0.458. The highest BCUT2D eigenvalue weighted by Gasteiger charge is 2.39. The van der Waals surface area contributed by atoms with Gasteiger partial charge in [-0.05, 0) is 42.7 Å². The third-order valence-electron chi connectivity index (χ3n) is 6.00. The minimum absolute atomic E-state index is 0.00908. The van der Waals surface area contributed by atoms with E-state index >= 15 is 0 Å². The smallest absolute Gasteiger partial charge is 0.251 e. The Balaban J connectivity index is 2.01. The number of carbonyl (C=O) groups excluding carboxylic acids is 1. The van der Waals surface area contributed by atoms with Gasteiger partial charge in [0.15, 0.2) is 11.5 Å². The average Bonchev–Trinajstić information content (AvgIpc) is 2.75. The normalized spacial score (nSPS) is 19.4. The molecule has 0 aromatic heterocycles. The molecule has 1 heterocycles. The molecule has 2 aromatic carbocycles. The van der Waals surface area contributed by atoms with Gasteiger partial charge in [0.25, 0.3) is 5.91 Å². The molecule has 0 fully saturated rings. The number of carbonyl (C=O) groups is 1. The number of quaternary nitrogens is 1. The van der Waals surface area contributed by atoms with E-state index < -0.39 is 0 Å². The van der Waals surface area contributed by atoms with Crippen LogP contribution in [-0.2, 0) is 6.42 Å². The first kappa shape index (κ1) is 21.2. The molecule has 3 rings (SSSR count). The highest BCUT2D eigenvalue weighted by Crippen LogP contribution is 2.36. The summed E-state index contributed by atoms with van der Waals surface area (Å²) in [5.41, 5.74) is 3.22. The molecule has 156 valence electrons. The maximum Gasteiger partial charge on any atom is 0.251 e. The van der Waals surface area contributed by atoms with Crippen LogP contribution in [0.2, 0.25) is 0 Å². The molecular weight excluding hydrogens is 364 g/mol. The van der Waals surface area contributed by atoms with Crippen molar-refractivity contribution in [1.82, 2.24) is 5.32 Å². The number of fused-ring (bicyclic) bond motifs is 1. The van der Waals surface area contributed by atoms with Gasteiger partial charge in [0.2, 0.25) is 0 Å². The van der Waals surface area contributed by atoms with E-state index in [4.69, 9.17) is 9.47 Å². The van der Waals surface area contributed by atoms with Crippen LogP contribution in [0.1, 0.15) is 48.3 Å². The Morgan fingerprint density at radius 1 is 1.14 bits per heavy atom. The standard InChI is InChI=1S/C24H32N2O3/c1-6-26-13-12-18-14-20(28-4)21(29-5)15-19(18)23(26)22(16(2)3)25-24(27)17-10-8-7-9-11-17/h7-11,14-16,22-23H,6,12-13H2,1-5H3,(H,25,27)/p+1/t22-,23-/m1/s1. The van der Waals surface area contributed by atoms with Gasteiger partial charge in [-0.15, -0.1) is 0 Å². The van der Waals surface area contributed by atoms with E-state index in [-0.39, 0.29) is 23.9 Å². The average molecular weight is 398 g/mol. The van der Waals surface area contributed by atoms with Crippen LogP contribution in [0, 0.1) is 5.92 Å². The first-order valence-corrected chi connectivity index (χ1v) is 10.4. The summed E-state index contributed by atoms with van der Waals surface area (Å²) in [5, 5.41) is 3.34. The summed E-state index contributed by atoms with van der Waals surface area (Å²) in [4.78, 5) is 14.5. The Bertz CT molecular complexity index is 836. The lowest BCUT2D eigenvalue weighted by Crippen LogP contribution is -3.14. The minimum atomic E-state index is -0.0210. The number of methoxy groups -OCH3 is 2. The Kier molecular flexibility index (Phi) is 6.80. The van der Waals surface area contributed by atoms with Crippen LogP contribution < -0.4 is 19.7 Å². The first-order chi connectivity index (χ1) is 14.0. The first-order valence-electron chi connectivity index (χ1n) is 10.4. The number of likely N-dealkylation sites (N-methyl/N-ethyl adjacent to an activating group) is 1. The molecule has 0 saturated heterocycles. The van der Waals surface area contributed by atoms with Crippen LogP contribution in [0.5, 0.6) is 11.5 Å². The highest BCUT2D eigenvalue weighted by molar-refractivity contribution is 5.94. The van der Waals surface area contributed by atoms with Crippen molar-refractivity contribution in [3.05, 3.63) is 59.2 Å². The number of benzene rings is 2. The molecule has 2 aromatic rings. The second-order valence-corrected chi connectivity index (χ2v) is 8.00. The maximum absolute atomic E-state index is 13.0. The van der Waals surface area contributed by atoms with Gasteiger partial charge in [-0.1, -0.05) is 32.0 Å². The molecule has 1 amide bonds. The molecule has 1 unspecified atom stereocenters. The quantitative estimate of drug-likeness (QED) is 0.755. The molecular formula is C24H33N2O3+. The summed E-state index contributed by atoms with van der Waals surface area (Å²) in [6.45, 7) is 8.61. The van der Waals surface area contributed by atoms with Gasteiger partial charge in [-0.2, -0.15) is 0 Å². The molecule has 0 saturated carbocycles. The van der Waals surface area contributed by atoms with E-state index in [2.05, 4.69) is 38.2 Å². The van der Waals surface area contributed by atoms with Crippen molar-refractivity contribution >= 4 is 5.91 Å². The van der Waals surface area contributed by atoms with Crippen molar-refractivity contribution in [3.8, 4) is 11.5 Å². The van der Waals surface area contributed by atoms with Crippen molar-refractivity contribution in [2.75, 3.05) is 27.3 Å². The summed E-state index contributed by atoms with van der Waals surface area (Å²) in [6.07, 6.45) is 0.993. The SMILES string of the molecule is CC[NH+]1CCc2cc(OC)c(OC)cc2[C@@H]1[C@H](NC(=O)c1ccccc1)C(C)C. The topological polar surface area (TPSA) is 52.0 Å². The maximum atomic E-state index is 13.0. The molecule has 29 heavy (non-hydrogen) atoms. The van der Waals surface area contributed by atoms with Crippen molar-refractivity contribution in [3.63, 3.8) is 0 Å². The zero-order valence-corrected chi connectivity index (χ0v) is 18.1. The van der Waals surface area contributed by atoms with E-state index in [1.54, 1.807) is 14.2 Å². The lowest BCUT2D eigenvalue weighted by molar-refractivity contribution is -0.934. The van der Waals surface area contributed by atoms with Gasteiger partial charge in [-0.3, -0.25) is 4.79 Å². The van der Waals surface area contributed by atoms with Gasteiger partial charge >= 0.3 is 0 Å². The molecule has 0 bridgehead atoms. The lowest BCUT2D eigenvalue weighted by Gasteiger charge is -2.40. The van der Waals surface area contributed by atoms with E-state index in [0.29, 0.717) is 5.56 Å². The van der Waals surface area contributed by atoms with Crippen LogP contribution >= 0.6 is 0 Å². The fourth-order valence-corrected chi connectivity index (χ4v) is 4.42. The van der Waals surface area contributed by atoms with Gasteiger partial charge in [0, 0.05) is 17.5 Å². The number of ether oxygens (including phenoxy) is 2. The van der Waals surface area contributed by atoms with Crippen molar-refractivity contribution in [2.24, 2.45) is 5.92 Å². The van der Waals surface area contributed by atoms with Crippen LogP contribution in [0.15, 0.2) is 42.5 Å². The largest absolute Gasteiger partial charge is 0.493 e. The zero-order chi connectivity index (χ0) is 21.0.